The van der Waals surface area contributed by atoms with E-state index in [1.807, 2.05) is 6.07 Å². The second kappa shape index (κ2) is 9.19. The molecule has 0 bridgehead atoms. The first-order valence-electron chi connectivity index (χ1n) is 10.8. The fraction of sp³-hybridized carbons (Fsp3) is 0.739. The van der Waals surface area contributed by atoms with Gasteiger partial charge in [0.05, 0.1) is 6.10 Å². The van der Waals surface area contributed by atoms with Crippen LogP contribution in [0.2, 0.25) is 0 Å². The molecule has 0 saturated heterocycles. The molecule has 3 rings (SSSR count). The lowest BCUT2D eigenvalue weighted by Gasteiger charge is -2.29. The van der Waals surface area contributed by atoms with E-state index < -0.39 is 11.6 Å². The SMILES string of the molecule is CCCC1CCC(CCc2cc3c(c(F)c2F)OC(CCC)CC3)CC1. The number of rotatable bonds is 7. The highest BCUT2D eigenvalue weighted by molar-refractivity contribution is 5.41. The largest absolute Gasteiger partial charge is 0.487 e. The van der Waals surface area contributed by atoms with Crippen LogP contribution in [0.25, 0.3) is 0 Å². The Balaban J connectivity index is 1.60. The molecule has 1 nitrogen and oxygen atoms in total. The number of hydrogen-bond acceptors (Lipinski definition) is 1. The summed E-state index contributed by atoms with van der Waals surface area (Å²) in [6, 6.07) is 1.87. The zero-order valence-corrected chi connectivity index (χ0v) is 16.5. The molecule has 1 aromatic carbocycles. The molecular weight excluding hydrogens is 330 g/mol. The highest BCUT2D eigenvalue weighted by Crippen LogP contribution is 2.37. The first kappa shape index (κ1) is 19.6. The number of ether oxygens (including phenoxy) is 1. The third-order valence-electron chi connectivity index (χ3n) is 6.43. The van der Waals surface area contributed by atoms with Crippen molar-refractivity contribution in [2.45, 2.75) is 97.0 Å². The maximum Gasteiger partial charge on any atom is 0.201 e. The Labute approximate surface area is 157 Å². The van der Waals surface area contributed by atoms with E-state index in [0.29, 0.717) is 17.9 Å². The highest BCUT2D eigenvalue weighted by Gasteiger charge is 2.27. The summed E-state index contributed by atoms with van der Waals surface area (Å²) in [5, 5.41) is 0. The van der Waals surface area contributed by atoms with Crippen LogP contribution in [0.3, 0.4) is 0 Å². The predicted octanol–water partition coefficient (Wildman–Crippen LogP) is 7.00. The smallest absolute Gasteiger partial charge is 0.201 e. The van der Waals surface area contributed by atoms with E-state index in [-0.39, 0.29) is 11.9 Å². The molecule has 1 aromatic rings. The van der Waals surface area contributed by atoms with Gasteiger partial charge in [0, 0.05) is 0 Å². The lowest BCUT2D eigenvalue weighted by Crippen LogP contribution is -2.24. The van der Waals surface area contributed by atoms with Crippen LogP contribution in [-0.4, -0.2) is 6.10 Å². The monoisotopic (exact) mass is 364 g/mol. The molecule has 3 heteroatoms. The molecule has 1 aliphatic carbocycles. The van der Waals surface area contributed by atoms with Gasteiger partial charge in [-0.3, -0.25) is 0 Å². The molecule has 1 atom stereocenters. The molecule has 0 N–H and O–H groups in total. The molecule has 0 amide bonds. The number of benzene rings is 1. The van der Waals surface area contributed by atoms with Crippen LogP contribution in [-0.2, 0) is 12.8 Å². The summed E-state index contributed by atoms with van der Waals surface area (Å²) in [4.78, 5) is 0. The number of fused-ring (bicyclic) bond motifs is 1. The van der Waals surface area contributed by atoms with Crippen molar-refractivity contribution in [3.8, 4) is 5.75 Å². The van der Waals surface area contributed by atoms with Crippen molar-refractivity contribution in [3.05, 3.63) is 28.8 Å². The van der Waals surface area contributed by atoms with Gasteiger partial charge >= 0.3 is 0 Å². The summed E-state index contributed by atoms with van der Waals surface area (Å²) in [6.07, 6.45) is 13.0. The second-order valence-corrected chi connectivity index (χ2v) is 8.43. The van der Waals surface area contributed by atoms with Crippen LogP contribution in [0.1, 0.15) is 89.2 Å². The summed E-state index contributed by atoms with van der Waals surface area (Å²) in [5.74, 6) is 0.302. The van der Waals surface area contributed by atoms with E-state index in [9.17, 15) is 8.78 Å². The maximum atomic E-state index is 14.6. The van der Waals surface area contributed by atoms with Gasteiger partial charge < -0.3 is 4.74 Å². The topological polar surface area (TPSA) is 9.23 Å². The van der Waals surface area contributed by atoms with Gasteiger partial charge in [-0.25, -0.2) is 4.39 Å². The molecule has 26 heavy (non-hydrogen) atoms. The average Bonchev–Trinajstić information content (AvgIpc) is 2.65. The lowest BCUT2D eigenvalue weighted by molar-refractivity contribution is 0.153. The van der Waals surface area contributed by atoms with Gasteiger partial charge in [0.15, 0.2) is 11.6 Å². The van der Waals surface area contributed by atoms with Crippen molar-refractivity contribution < 1.29 is 13.5 Å². The Kier molecular flexibility index (Phi) is 6.94. The van der Waals surface area contributed by atoms with Crippen LogP contribution >= 0.6 is 0 Å². The van der Waals surface area contributed by atoms with Gasteiger partial charge in [-0.05, 0) is 61.1 Å². The van der Waals surface area contributed by atoms with Crippen molar-refractivity contribution in [2.24, 2.45) is 11.8 Å². The van der Waals surface area contributed by atoms with Gasteiger partial charge in [0.1, 0.15) is 0 Å². The van der Waals surface area contributed by atoms with Crippen LogP contribution in [0.5, 0.6) is 5.75 Å². The van der Waals surface area contributed by atoms with Gasteiger partial charge in [0.2, 0.25) is 5.82 Å². The van der Waals surface area contributed by atoms with Gasteiger partial charge in [-0.1, -0.05) is 58.8 Å². The molecule has 1 fully saturated rings. The fourth-order valence-corrected chi connectivity index (χ4v) is 4.86. The van der Waals surface area contributed by atoms with E-state index in [1.54, 1.807) is 0 Å². The average molecular weight is 365 g/mol. The molecule has 1 unspecified atom stereocenters. The van der Waals surface area contributed by atoms with Gasteiger partial charge in [0.25, 0.3) is 0 Å². The van der Waals surface area contributed by atoms with Gasteiger partial charge in [-0.2, -0.15) is 4.39 Å². The standard InChI is InChI=1S/C23H34F2O/c1-3-5-16-7-9-17(10-8-16)11-12-18-15-19-13-14-20(6-4-2)26-23(19)22(25)21(18)24/h15-17,20H,3-14H2,1-2H3. The quantitative estimate of drug-likeness (QED) is 0.506. The summed E-state index contributed by atoms with van der Waals surface area (Å²) in [6.45, 7) is 4.35. The molecule has 0 spiro atoms. The molecular formula is C23H34F2O. The van der Waals surface area contributed by atoms with Crippen molar-refractivity contribution in [3.63, 3.8) is 0 Å². The Morgan fingerprint density at radius 3 is 2.19 bits per heavy atom. The normalized spacial score (nSPS) is 25.6. The Morgan fingerprint density at radius 2 is 1.54 bits per heavy atom. The highest BCUT2D eigenvalue weighted by atomic mass is 19.2. The summed E-state index contributed by atoms with van der Waals surface area (Å²) >= 11 is 0. The Hall–Kier alpha value is -1.12. The first-order chi connectivity index (χ1) is 12.6. The summed E-state index contributed by atoms with van der Waals surface area (Å²) < 4.78 is 34.9. The zero-order valence-electron chi connectivity index (χ0n) is 16.5. The second-order valence-electron chi connectivity index (χ2n) is 8.43. The van der Waals surface area contributed by atoms with Crippen LogP contribution in [0.15, 0.2) is 6.07 Å². The van der Waals surface area contributed by atoms with E-state index in [2.05, 4.69) is 13.8 Å². The molecule has 0 aromatic heterocycles. The number of hydrogen-bond donors (Lipinski definition) is 0. The third-order valence-corrected chi connectivity index (χ3v) is 6.43. The predicted molar refractivity (Wildman–Crippen MR) is 103 cm³/mol. The van der Waals surface area contributed by atoms with E-state index in [1.165, 1.54) is 38.5 Å². The third kappa shape index (κ3) is 4.58. The van der Waals surface area contributed by atoms with Crippen molar-refractivity contribution in [1.82, 2.24) is 0 Å². The fourth-order valence-electron chi connectivity index (χ4n) is 4.86. The molecule has 146 valence electrons. The van der Waals surface area contributed by atoms with E-state index in [4.69, 9.17) is 4.74 Å². The molecule has 1 saturated carbocycles. The summed E-state index contributed by atoms with van der Waals surface area (Å²) in [7, 11) is 0. The van der Waals surface area contributed by atoms with Crippen molar-refractivity contribution >= 4 is 0 Å². The molecule has 0 radical (unpaired) electrons. The van der Waals surface area contributed by atoms with Crippen LogP contribution in [0, 0.1) is 23.5 Å². The van der Waals surface area contributed by atoms with Gasteiger partial charge in [-0.15, -0.1) is 0 Å². The summed E-state index contributed by atoms with van der Waals surface area (Å²) in [5.41, 5.74) is 1.41. The zero-order chi connectivity index (χ0) is 18.5. The molecule has 1 aliphatic heterocycles. The van der Waals surface area contributed by atoms with Crippen molar-refractivity contribution in [1.29, 1.82) is 0 Å². The minimum Gasteiger partial charge on any atom is -0.487 e. The number of aryl methyl sites for hydroxylation is 2. The Morgan fingerprint density at radius 1 is 0.885 bits per heavy atom. The maximum absolute atomic E-state index is 14.6. The minimum atomic E-state index is -0.759. The number of halogens is 2. The lowest BCUT2D eigenvalue weighted by atomic mass is 9.78. The van der Waals surface area contributed by atoms with Crippen LogP contribution in [0.4, 0.5) is 8.78 Å². The van der Waals surface area contributed by atoms with E-state index in [0.717, 1.165) is 43.6 Å². The Bertz CT molecular complexity index is 590. The first-order valence-corrected chi connectivity index (χ1v) is 10.8. The molecule has 2 aliphatic rings. The molecule has 1 heterocycles. The minimum absolute atomic E-state index is 0.0329. The van der Waals surface area contributed by atoms with Crippen molar-refractivity contribution in [2.75, 3.05) is 0 Å². The van der Waals surface area contributed by atoms with E-state index >= 15 is 0 Å². The van der Waals surface area contributed by atoms with Crippen LogP contribution < -0.4 is 4.74 Å².